The van der Waals surface area contributed by atoms with Crippen molar-refractivity contribution >= 4 is 11.9 Å². The summed E-state index contributed by atoms with van der Waals surface area (Å²) in [5, 5.41) is 8.59. The van der Waals surface area contributed by atoms with Gasteiger partial charge in [0.25, 0.3) is 0 Å². The molecule has 0 aliphatic carbocycles. The minimum atomic E-state index is -1.09. The summed E-state index contributed by atoms with van der Waals surface area (Å²) in [6, 6.07) is -0.989. The number of aliphatic carboxylic acids is 1. The van der Waals surface area contributed by atoms with Gasteiger partial charge in [0.2, 0.25) is 0 Å². The maximum Gasteiger partial charge on any atom is 0.320 e. The van der Waals surface area contributed by atoms with E-state index in [0.29, 0.717) is 0 Å². The minimum absolute atomic E-state index is 0.0631. The molecular weight excluding hydrogens is 246 g/mol. The lowest BCUT2D eigenvalue weighted by atomic mass is 10.1. The Labute approximate surface area is 115 Å². The lowest BCUT2D eigenvalue weighted by Gasteiger charge is -2.13. The average molecular weight is 273 g/mol. The smallest absolute Gasteiger partial charge is 0.320 e. The molecule has 0 aromatic rings. The minimum Gasteiger partial charge on any atom is -0.480 e. The maximum absolute atomic E-state index is 11.4. The molecule has 0 bridgehead atoms. The topological polar surface area (TPSA) is 89.6 Å². The van der Waals surface area contributed by atoms with Crippen LogP contribution in [-0.2, 0) is 14.3 Å². The van der Waals surface area contributed by atoms with Crippen LogP contribution in [0.1, 0.15) is 65.2 Å². The van der Waals surface area contributed by atoms with Crippen molar-refractivity contribution in [1.29, 1.82) is 0 Å². The van der Waals surface area contributed by atoms with E-state index in [4.69, 9.17) is 15.6 Å². The zero-order valence-electron chi connectivity index (χ0n) is 12.1. The summed E-state index contributed by atoms with van der Waals surface area (Å²) in [6.07, 6.45) is 6.87. The molecule has 0 rings (SSSR count). The summed E-state index contributed by atoms with van der Waals surface area (Å²) in [5.41, 5.74) is 5.31. The Morgan fingerprint density at radius 2 is 1.79 bits per heavy atom. The van der Waals surface area contributed by atoms with E-state index in [0.717, 1.165) is 12.8 Å². The summed E-state index contributed by atoms with van der Waals surface area (Å²) in [7, 11) is 0. The van der Waals surface area contributed by atoms with E-state index < -0.39 is 12.0 Å². The van der Waals surface area contributed by atoms with Crippen molar-refractivity contribution in [3.05, 3.63) is 0 Å². The van der Waals surface area contributed by atoms with Crippen molar-refractivity contribution in [1.82, 2.24) is 0 Å². The van der Waals surface area contributed by atoms with E-state index in [1.165, 1.54) is 25.7 Å². The Morgan fingerprint density at radius 1 is 1.16 bits per heavy atom. The number of carbonyl (C=O) groups is 2. The zero-order chi connectivity index (χ0) is 14.7. The van der Waals surface area contributed by atoms with Crippen molar-refractivity contribution < 1.29 is 19.4 Å². The van der Waals surface area contributed by atoms with Gasteiger partial charge in [-0.05, 0) is 26.2 Å². The third-order valence-electron chi connectivity index (χ3n) is 3.02. The molecule has 0 fully saturated rings. The van der Waals surface area contributed by atoms with Gasteiger partial charge in [-0.15, -0.1) is 0 Å². The summed E-state index contributed by atoms with van der Waals surface area (Å²) in [6.45, 7) is 4.04. The van der Waals surface area contributed by atoms with Crippen LogP contribution in [-0.4, -0.2) is 29.2 Å². The number of esters is 1. The van der Waals surface area contributed by atoms with Gasteiger partial charge < -0.3 is 15.6 Å². The molecular formula is C14H27NO4. The summed E-state index contributed by atoms with van der Waals surface area (Å²) >= 11 is 0. The number of rotatable bonds is 11. The molecule has 112 valence electrons. The van der Waals surface area contributed by atoms with Crippen LogP contribution in [0.2, 0.25) is 0 Å². The molecule has 0 aliphatic rings. The van der Waals surface area contributed by atoms with Crippen LogP contribution in [0.25, 0.3) is 0 Å². The Balaban J connectivity index is 3.60. The van der Waals surface area contributed by atoms with Crippen LogP contribution in [0.3, 0.4) is 0 Å². The van der Waals surface area contributed by atoms with E-state index in [2.05, 4.69) is 6.92 Å². The fourth-order valence-electron chi connectivity index (χ4n) is 1.77. The second-order valence-corrected chi connectivity index (χ2v) is 4.99. The van der Waals surface area contributed by atoms with E-state index in [1.807, 2.05) is 6.92 Å². The van der Waals surface area contributed by atoms with Crippen molar-refractivity contribution in [3.63, 3.8) is 0 Å². The summed E-state index contributed by atoms with van der Waals surface area (Å²) in [4.78, 5) is 21.9. The van der Waals surface area contributed by atoms with E-state index in [1.54, 1.807) is 0 Å². The Hall–Kier alpha value is -1.10. The molecule has 5 nitrogen and oxygen atoms in total. The quantitative estimate of drug-likeness (QED) is 0.446. The van der Waals surface area contributed by atoms with Crippen LogP contribution >= 0.6 is 0 Å². The fourth-order valence-corrected chi connectivity index (χ4v) is 1.77. The second kappa shape index (κ2) is 10.8. The number of unbranched alkanes of at least 4 members (excludes halogenated alkanes) is 4. The first kappa shape index (κ1) is 17.9. The molecule has 0 aromatic carbocycles. The van der Waals surface area contributed by atoms with Crippen LogP contribution in [0.5, 0.6) is 0 Å². The van der Waals surface area contributed by atoms with E-state index in [-0.39, 0.29) is 24.9 Å². The zero-order valence-corrected chi connectivity index (χ0v) is 12.1. The van der Waals surface area contributed by atoms with Gasteiger partial charge in [0.15, 0.2) is 0 Å². The molecule has 2 atom stereocenters. The molecule has 0 amide bonds. The van der Waals surface area contributed by atoms with Crippen molar-refractivity contribution in [3.8, 4) is 0 Å². The van der Waals surface area contributed by atoms with Crippen molar-refractivity contribution in [2.45, 2.75) is 77.4 Å². The molecule has 0 aliphatic heterocycles. The number of nitrogens with two attached hydrogens (primary N) is 1. The third-order valence-corrected chi connectivity index (χ3v) is 3.02. The normalized spacial score (nSPS) is 13.8. The van der Waals surface area contributed by atoms with Crippen LogP contribution in [0.15, 0.2) is 0 Å². The number of hydrogen-bond acceptors (Lipinski definition) is 4. The Bertz CT molecular complexity index is 268. The number of ether oxygens (including phenoxy) is 1. The van der Waals surface area contributed by atoms with Gasteiger partial charge in [-0.1, -0.05) is 32.6 Å². The van der Waals surface area contributed by atoms with Gasteiger partial charge in [0, 0.05) is 6.42 Å². The number of carbonyl (C=O) groups excluding carboxylic acids is 1. The molecule has 5 heteroatoms. The van der Waals surface area contributed by atoms with Gasteiger partial charge in [0.05, 0.1) is 6.10 Å². The molecule has 0 aromatic heterocycles. The number of hydrogen-bond donors (Lipinski definition) is 2. The Morgan fingerprint density at radius 3 is 2.37 bits per heavy atom. The first-order valence-electron chi connectivity index (χ1n) is 7.15. The second-order valence-electron chi connectivity index (χ2n) is 4.99. The largest absolute Gasteiger partial charge is 0.480 e. The van der Waals surface area contributed by atoms with Crippen molar-refractivity contribution in [2.75, 3.05) is 0 Å². The van der Waals surface area contributed by atoms with Gasteiger partial charge in [-0.3, -0.25) is 9.59 Å². The predicted octanol–water partition coefficient (Wildman–Crippen LogP) is 2.47. The van der Waals surface area contributed by atoms with E-state index >= 15 is 0 Å². The first-order valence-corrected chi connectivity index (χ1v) is 7.15. The highest BCUT2D eigenvalue weighted by molar-refractivity contribution is 5.75. The van der Waals surface area contributed by atoms with E-state index in [9.17, 15) is 9.59 Å². The molecule has 0 saturated heterocycles. The molecule has 0 radical (unpaired) electrons. The Kier molecular flexibility index (Phi) is 10.2. The third kappa shape index (κ3) is 10.5. The monoisotopic (exact) mass is 273 g/mol. The number of carboxylic acid groups (broad SMARTS) is 1. The standard InChI is InChI=1S/C14H27NO4/c1-3-4-5-6-7-8-11(2)19-13(16)10-9-12(15)14(17)18/h11-12H,3-10,15H2,1-2H3,(H,17,18)/t11?,12-/m0/s1. The van der Waals surface area contributed by atoms with Crippen LogP contribution in [0.4, 0.5) is 0 Å². The van der Waals surface area contributed by atoms with Gasteiger partial charge in [-0.25, -0.2) is 0 Å². The predicted molar refractivity (Wildman–Crippen MR) is 73.8 cm³/mol. The highest BCUT2D eigenvalue weighted by Crippen LogP contribution is 2.10. The lowest BCUT2D eigenvalue weighted by molar-refractivity contribution is -0.149. The molecule has 0 saturated carbocycles. The molecule has 0 spiro atoms. The van der Waals surface area contributed by atoms with Crippen molar-refractivity contribution in [2.24, 2.45) is 5.73 Å². The molecule has 0 heterocycles. The summed E-state index contributed by atoms with van der Waals surface area (Å²) in [5.74, 6) is -1.45. The highest BCUT2D eigenvalue weighted by Gasteiger charge is 2.15. The SMILES string of the molecule is CCCCCCCC(C)OC(=O)CC[C@H](N)C(=O)O. The van der Waals surface area contributed by atoms with Gasteiger partial charge in [-0.2, -0.15) is 0 Å². The maximum atomic E-state index is 11.4. The number of carboxylic acids is 1. The molecule has 3 N–H and O–H groups in total. The first-order chi connectivity index (χ1) is 8.97. The van der Waals surface area contributed by atoms with Crippen LogP contribution < -0.4 is 5.73 Å². The average Bonchev–Trinajstić information content (AvgIpc) is 2.35. The van der Waals surface area contributed by atoms with Gasteiger partial charge in [0.1, 0.15) is 6.04 Å². The summed E-state index contributed by atoms with van der Waals surface area (Å²) < 4.78 is 5.20. The molecule has 19 heavy (non-hydrogen) atoms. The van der Waals surface area contributed by atoms with Crippen LogP contribution in [0, 0.1) is 0 Å². The van der Waals surface area contributed by atoms with Gasteiger partial charge >= 0.3 is 11.9 Å². The lowest BCUT2D eigenvalue weighted by Crippen LogP contribution is -2.31. The fraction of sp³-hybridized carbons (Fsp3) is 0.857. The highest BCUT2D eigenvalue weighted by atomic mass is 16.5. The molecule has 1 unspecified atom stereocenters.